The first-order chi connectivity index (χ1) is 25.8. The van der Waals surface area contributed by atoms with E-state index in [0.717, 1.165) is 49.5 Å². The standard InChI is InChI=1S/C44H64N4O5/c1-3-5-7-8-9-10-11-12-13-14-18-26-37(33-41(45)49)48(32-21-6-4-2)44(52)40(28-22-29-42(50)53-34-35-23-16-15-17-24-35)47-43(51)39-31-30-36-25-19-20-27-38(36)46-39/h15-17,19-20,23-25,27,30-31,37,40H,3-14,18,21-22,26,28-29,32-34H2,1-2H3,(H2,45,49)(H,47,51)/t37-,40-/m0/s1. The number of unbranched alkanes of at least 4 members (excludes halogenated alkanes) is 12. The fourth-order valence-electron chi connectivity index (χ4n) is 6.79. The van der Waals surface area contributed by atoms with Gasteiger partial charge in [-0.15, -0.1) is 0 Å². The van der Waals surface area contributed by atoms with E-state index in [1.54, 1.807) is 11.0 Å². The summed E-state index contributed by atoms with van der Waals surface area (Å²) in [7, 11) is 0. The molecule has 53 heavy (non-hydrogen) atoms. The van der Waals surface area contributed by atoms with E-state index in [9.17, 15) is 19.2 Å². The normalized spacial score (nSPS) is 12.3. The number of pyridine rings is 1. The Balaban J connectivity index is 1.71. The lowest BCUT2D eigenvalue weighted by Gasteiger charge is -2.35. The minimum atomic E-state index is -0.924. The summed E-state index contributed by atoms with van der Waals surface area (Å²) in [6.07, 6.45) is 17.4. The van der Waals surface area contributed by atoms with Gasteiger partial charge >= 0.3 is 5.97 Å². The van der Waals surface area contributed by atoms with Crippen LogP contribution in [0.3, 0.4) is 0 Å². The fraction of sp³-hybridized carbons (Fsp3) is 0.568. The van der Waals surface area contributed by atoms with Crippen LogP contribution in [0.15, 0.2) is 66.7 Å². The van der Waals surface area contributed by atoms with Crippen LogP contribution < -0.4 is 11.1 Å². The second kappa shape index (κ2) is 25.7. The van der Waals surface area contributed by atoms with Crippen LogP contribution in [0.4, 0.5) is 0 Å². The van der Waals surface area contributed by atoms with Crippen molar-refractivity contribution in [1.29, 1.82) is 0 Å². The number of benzene rings is 2. The number of amides is 3. The van der Waals surface area contributed by atoms with Crippen LogP contribution in [0.5, 0.6) is 0 Å². The number of hydrogen-bond acceptors (Lipinski definition) is 6. The van der Waals surface area contributed by atoms with Crippen molar-refractivity contribution in [3.8, 4) is 0 Å². The number of fused-ring (bicyclic) bond motifs is 1. The molecule has 3 rings (SSSR count). The van der Waals surface area contributed by atoms with E-state index in [-0.39, 0.29) is 49.5 Å². The third-order valence-electron chi connectivity index (χ3n) is 9.85. The number of carbonyl (C=O) groups is 4. The van der Waals surface area contributed by atoms with E-state index < -0.39 is 17.9 Å². The van der Waals surface area contributed by atoms with E-state index in [0.29, 0.717) is 24.9 Å². The van der Waals surface area contributed by atoms with E-state index in [2.05, 4.69) is 24.1 Å². The van der Waals surface area contributed by atoms with Gasteiger partial charge in [0.2, 0.25) is 11.8 Å². The highest BCUT2D eigenvalue weighted by Gasteiger charge is 2.32. The van der Waals surface area contributed by atoms with Gasteiger partial charge in [-0.05, 0) is 43.4 Å². The van der Waals surface area contributed by atoms with E-state index in [1.165, 1.54) is 51.4 Å². The Morgan fingerprint density at radius 1 is 0.717 bits per heavy atom. The zero-order valence-corrected chi connectivity index (χ0v) is 32.4. The minimum Gasteiger partial charge on any atom is -0.461 e. The molecule has 0 spiro atoms. The molecule has 0 fully saturated rings. The van der Waals surface area contributed by atoms with Crippen LogP contribution in [0, 0.1) is 0 Å². The maximum atomic E-state index is 14.6. The lowest BCUT2D eigenvalue weighted by molar-refractivity contribution is -0.145. The Morgan fingerprint density at radius 2 is 1.34 bits per heavy atom. The molecule has 3 aromatic rings. The summed E-state index contributed by atoms with van der Waals surface area (Å²) in [5.41, 5.74) is 7.55. The molecule has 0 unspecified atom stereocenters. The summed E-state index contributed by atoms with van der Waals surface area (Å²) in [5.74, 6) is -1.55. The van der Waals surface area contributed by atoms with Gasteiger partial charge in [-0.2, -0.15) is 0 Å². The Kier molecular flexibility index (Phi) is 20.9. The number of nitrogens with one attached hydrogen (secondary N) is 1. The zero-order chi connectivity index (χ0) is 38.1. The summed E-state index contributed by atoms with van der Waals surface area (Å²) in [6, 6.07) is 19.2. The zero-order valence-electron chi connectivity index (χ0n) is 32.4. The molecule has 2 atom stereocenters. The van der Waals surface area contributed by atoms with Crippen LogP contribution in [-0.2, 0) is 25.7 Å². The molecule has 1 heterocycles. The van der Waals surface area contributed by atoms with Crippen molar-refractivity contribution in [3.63, 3.8) is 0 Å². The molecule has 1 aromatic heterocycles. The van der Waals surface area contributed by atoms with Gasteiger partial charge < -0.3 is 20.7 Å². The maximum absolute atomic E-state index is 14.6. The highest BCUT2D eigenvalue weighted by atomic mass is 16.5. The first-order valence-corrected chi connectivity index (χ1v) is 20.3. The number of ether oxygens (including phenoxy) is 1. The highest BCUT2D eigenvalue weighted by Crippen LogP contribution is 2.20. The van der Waals surface area contributed by atoms with Crippen LogP contribution >= 0.6 is 0 Å². The molecule has 9 heteroatoms. The molecule has 3 amide bonds. The number of hydrogen-bond donors (Lipinski definition) is 2. The van der Waals surface area contributed by atoms with Crippen molar-refractivity contribution >= 4 is 34.6 Å². The molecule has 0 saturated carbocycles. The first-order valence-electron chi connectivity index (χ1n) is 20.3. The fourth-order valence-corrected chi connectivity index (χ4v) is 6.79. The van der Waals surface area contributed by atoms with Gasteiger partial charge in [-0.1, -0.05) is 152 Å². The number of para-hydroxylation sites is 1. The number of nitrogens with two attached hydrogens (primary N) is 1. The summed E-state index contributed by atoms with van der Waals surface area (Å²) in [6.45, 7) is 4.98. The van der Waals surface area contributed by atoms with Gasteiger partial charge in [0.1, 0.15) is 18.3 Å². The Hall–Kier alpha value is -4.27. The Labute approximate surface area is 317 Å². The monoisotopic (exact) mass is 728 g/mol. The molecular formula is C44H64N4O5. The number of esters is 1. The highest BCUT2D eigenvalue weighted by molar-refractivity contribution is 5.98. The number of nitrogens with zero attached hydrogens (tertiary/aromatic N) is 2. The summed E-state index contributed by atoms with van der Waals surface area (Å²) >= 11 is 0. The third kappa shape index (κ3) is 17.0. The van der Waals surface area contributed by atoms with Gasteiger partial charge in [0.15, 0.2) is 0 Å². The molecule has 290 valence electrons. The Morgan fingerprint density at radius 3 is 2.02 bits per heavy atom. The molecule has 0 aliphatic heterocycles. The van der Waals surface area contributed by atoms with Crippen molar-refractivity contribution in [1.82, 2.24) is 15.2 Å². The summed E-state index contributed by atoms with van der Waals surface area (Å²) in [5, 5.41) is 3.87. The van der Waals surface area contributed by atoms with Crippen molar-refractivity contribution in [2.24, 2.45) is 5.73 Å². The van der Waals surface area contributed by atoms with Gasteiger partial charge in [-0.25, -0.2) is 4.98 Å². The smallest absolute Gasteiger partial charge is 0.306 e. The van der Waals surface area contributed by atoms with Crippen molar-refractivity contribution in [3.05, 3.63) is 78.0 Å². The number of primary amides is 1. The van der Waals surface area contributed by atoms with Gasteiger partial charge in [0.25, 0.3) is 5.91 Å². The van der Waals surface area contributed by atoms with E-state index >= 15 is 0 Å². The van der Waals surface area contributed by atoms with E-state index in [1.807, 2.05) is 60.7 Å². The van der Waals surface area contributed by atoms with Crippen LogP contribution in [0.25, 0.3) is 10.9 Å². The predicted molar refractivity (Wildman–Crippen MR) is 213 cm³/mol. The van der Waals surface area contributed by atoms with Crippen LogP contribution in [-0.4, -0.2) is 52.2 Å². The SMILES string of the molecule is CCCCCCCCCCCCC[C@@H](CC(N)=O)N(CCCCC)C(=O)[C@H](CCCC(=O)OCc1ccccc1)NC(=O)c1ccc2ccccc2n1. The van der Waals surface area contributed by atoms with Gasteiger partial charge in [-0.3, -0.25) is 19.2 Å². The maximum Gasteiger partial charge on any atom is 0.306 e. The molecule has 0 aliphatic carbocycles. The average molecular weight is 729 g/mol. The van der Waals surface area contributed by atoms with Gasteiger partial charge in [0.05, 0.1) is 5.52 Å². The van der Waals surface area contributed by atoms with Crippen molar-refractivity contribution < 1.29 is 23.9 Å². The van der Waals surface area contributed by atoms with Crippen LogP contribution in [0.2, 0.25) is 0 Å². The van der Waals surface area contributed by atoms with Gasteiger partial charge in [0, 0.05) is 30.8 Å². The topological polar surface area (TPSA) is 132 Å². The number of aromatic nitrogens is 1. The molecule has 0 aliphatic rings. The largest absolute Gasteiger partial charge is 0.461 e. The average Bonchev–Trinajstić information content (AvgIpc) is 3.16. The Bertz CT molecular complexity index is 1510. The molecule has 9 nitrogen and oxygen atoms in total. The molecule has 0 radical (unpaired) electrons. The quantitative estimate of drug-likeness (QED) is 0.0566. The van der Waals surface area contributed by atoms with Crippen LogP contribution in [0.1, 0.15) is 152 Å². The molecule has 0 bridgehead atoms. The second-order valence-corrected chi connectivity index (χ2v) is 14.3. The lowest BCUT2D eigenvalue weighted by atomic mass is 9.99. The first kappa shape index (κ1) is 43.1. The van der Waals surface area contributed by atoms with Crippen molar-refractivity contribution in [2.45, 2.75) is 155 Å². The number of rotatable bonds is 28. The number of carbonyl (C=O) groups excluding carboxylic acids is 4. The molecule has 2 aromatic carbocycles. The predicted octanol–water partition coefficient (Wildman–Crippen LogP) is 9.21. The third-order valence-corrected chi connectivity index (χ3v) is 9.85. The lowest BCUT2D eigenvalue weighted by Crippen LogP contribution is -2.53. The van der Waals surface area contributed by atoms with E-state index in [4.69, 9.17) is 10.5 Å². The molecule has 0 saturated heterocycles. The summed E-state index contributed by atoms with van der Waals surface area (Å²) < 4.78 is 5.48. The second-order valence-electron chi connectivity index (χ2n) is 14.3. The summed E-state index contributed by atoms with van der Waals surface area (Å²) in [4.78, 5) is 59.6. The molecule has 3 N–H and O–H groups in total. The van der Waals surface area contributed by atoms with Crippen molar-refractivity contribution in [2.75, 3.05) is 6.54 Å². The minimum absolute atomic E-state index is 0.0638. The molecular weight excluding hydrogens is 665 g/mol.